The van der Waals surface area contributed by atoms with Crippen LogP contribution in [-0.4, -0.2) is 25.3 Å². The number of aromatic amines is 1. The number of nitrogens with zero attached hydrogens (tertiary/aromatic N) is 5. The lowest BCUT2D eigenvalue weighted by Gasteiger charge is -2.01. The fraction of sp³-hybridized carbons (Fsp3) is 0.0500. The third-order valence-electron chi connectivity index (χ3n) is 4.42. The zero-order valence-electron chi connectivity index (χ0n) is 14.2. The maximum Gasteiger partial charge on any atom is 0.437 e. The maximum atomic E-state index is 13.2. The van der Waals surface area contributed by atoms with Crippen LogP contribution >= 0.6 is 0 Å². The summed E-state index contributed by atoms with van der Waals surface area (Å²) in [5.41, 5.74) is 3.52. The molecule has 0 unspecified atom stereocenters. The first kappa shape index (κ1) is 15.5. The second-order valence-corrected chi connectivity index (χ2v) is 6.24. The third kappa shape index (κ3) is 2.89. The summed E-state index contributed by atoms with van der Waals surface area (Å²) >= 11 is 0. The largest absolute Gasteiger partial charge is 0.437 e. The van der Waals surface area contributed by atoms with E-state index in [1.54, 1.807) is 29.0 Å². The molecule has 0 spiro atoms. The highest BCUT2D eigenvalue weighted by molar-refractivity contribution is 5.78. The Balaban J connectivity index is 1.54. The fourth-order valence-corrected chi connectivity index (χ4v) is 3.07. The van der Waals surface area contributed by atoms with E-state index in [-0.39, 0.29) is 5.82 Å². The predicted molar refractivity (Wildman–Crippen MR) is 97.3 cm³/mol. The summed E-state index contributed by atoms with van der Waals surface area (Å²) in [6, 6.07) is 16.3. The average Bonchev–Trinajstić information content (AvgIpc) is 3.10. The normalized spacial score (nSPS) is 11.3. The lowest BCUT2D eigenvalue weighted by molar-refractivity contribution is -0.590. The summed E-state index contributed by atoms with van der Waals surface area (Å²) in [4.78, 5) is 8.69. The van der Waals surface area contributed by atoms with Gasteiger partial charge in [-0.2, -0.15) is 5.10 Å². The van der Waals surface area contributed by atoms with Gasteiger partial charge in [0.15, 0.2) is 0 Å². The monoisotopic (exact) mass is 357 g/mol. The number of hydrogen-bond donors (Lipinski definition) is 1. The Morgan fingerprint density at radius 2 is 1.89 bits per heavy atom. The van der Waals surface area contributed by atoms with E-state index in [2.05, 4.69) is 31.3 Å². The van der Waals surface area contributed by atoms with E-state index in [1.165, 1.54) is 12.1 Å². The zero-order chi connectivity index (χ0) is 18.2. The van der Waals surface area contributed by atoms with Gasteiger partial charge in [-0.1, -0.05) is 16.6 Å². The highest BCUT2D eigenvalue weighted by atomic mass is 19.1. The summed E-state index contributed by atoms with van der Waals surface area (Å²) in [6.07, 6.45) is 4.04. The Morgan fingerprint density at radius 1 is 1.00 bits per heavy atom. The standard InChI is InChI=1S/C20H13FN6/c21-16-6-4-14(5-7-16)18-12-23-20-25-24-19(27(20)26-18)11-13-3-8-17-15(10-13)2-1-9-22-17/h1-10,12H,11H2/p+1. The molecule has 0 amide bonds. The minimum atomic E-state index is -0.282. The Labute approximate surface area is 153 Å². The number of pyridine rings is 1. The lowest BCUT2D eigenvalue weighted by atomic mass is 10.1. The summed E-state index contributed by atoms with van der Waals surface area (Å²) in [6.45, 7) is 0. The molecule has 0 saturated carbocycles. The Bertz CT molecular complexity index is 1260. The minimum absolute atomic E-state index is 0.282. The van der Waals surface area contributed by atoms with Crippen molar-refractivity contribution in [3.8, 4) is 11.3 Å². The molecular weight excluding hydrogens is 343 g/mol. The topological polar surface area (TPSA) is 71.5 Å². The fourth-order valence-electron chi connectivity index (χ4n) is 3.07. The molecule has 2 aromatic carbocycles. The first-order valence-electron chi connectivity index (χ1n) is 8.48. The van der Waals surface area contributed by atoms with Crippen molar-refractivity contribution in [2.45, 2.75) is 6.42 Å². The van der Waals surface area contributed by atoms with Crippen molar-refractivity contribution >= 4 is 16.7 Å². The third-order valence-corrected chi connectivity index (χ3v) is 4.42. The van der Waals surface area contributed by atoms with Gasteiger partial charge in [-0.05, 0) is 48.0 Å². The van der Waals surface area contributed by atoms with Crippen LogP contribution in [-0.2, 0) is 6.42 Å². The number of H-pyrrole nitrogens is 1. The average molecular weight is 357 g/mol. The SMILES string of the molecule is Fc1ccc(-c2cnc3n[nH]c(Cc4ccc5ncccc5c4)[n+]3n2)cc1. The van der Waals surface area contributed by atoms with Crippen molar-refractivity contribution in [3.05, 3.63) is 84.2 Å². The molecule has 0 radical (unpaired) electrons. The molecule has 0 bridgehead atoms. The van der Waals surface area contributed by atoms with Gasteiger partial charge in [0, 0.05) is 22.2 Å². The molecule has 0 aliphatic carbocycles. The number of fused-ring (bicyclic) bond motifs is 2. The van der Waals surface area contributed by atoms with Crippen LogP contribution in [0, 0.1) is 5.82 Å². The van der Waals surface area contributed by atoms with Crippen LogP contribution in [0.15, 0.2) is 67.0 Å². The molecular formula is C20H14FN6+. The van der Waals surface area contributed by atoms with Crippen LogP contribution in [0.3, 0.4) is 0 Å². The van der Waals surface area contributed by atoms with Crippen molar-refractivity contribution in [2.24, 2.45) is 0 Å². The van der Waals surface area contributed by atoms with Gasteiger partial charge in [0.25, 0.3) is 0 Å². The molecule has 3 heterocycles. The molecule has 27 heavy (non-hydrogen) atoms. The van der Waals surface area contributed by atoms with Crippen LogP contribution < -0.4 is 4.52 Å². The lowest BCUT2D eigenvalue weighted by Crippen LogP contribution is -2.31. The number of aromatic nitrogens is 6. The van der Waals surface area contributed by atoms with E-state index < -0.39 is 0 Å². The summed E-state index contributed by atoms with van der Waals surface area (Å²) in [5, 5.41) is 12.9. The van der Waals surface area contributed by atoms with Crippen LogP contribution in [0.1, 0.15) is 11.4 Å². The molecule has 0 aliphatic rings. The van der Waals surface area contributed by atoms with Gasteiger partial charge in [-0.25, -0.2) is 4.39 Å². The van der Waals surface area contributed by atoms with Gasteiger partial charge in [-0.15, -0.1) is 10.1 Å². The summed E-state index contributed by atoms with van der Waals surface area (Å²) in [5.74, 6) is 1.01. The summed E-state index contributed by atoms with van der Waals surface area (Å²) in [7, 11) is 0. The second-order valence-electron chi connectivity index (χ2n) is 6.24. The Morgan fingerprint density at radius 3 is 2.78 bits per heavy atom. The van der Waals surface area contributed by atoms with Crippen molar-refractivity contribution in [3.63, 3.8) is 0 Å². The van der Waals surface area contributed by atoms with Crippen molar-refractivity contribution < 1.29 is 8.91 Å². The van der Waals surface area contributed by atoms with Crippen LogP contribution in [0.5, 0.6) is 0 Å². The first-order chi connectivity index (χ1) is 13.3. The number of halogens is 1. The van der Waals surface area contributed by atoms with E-state index in [4.69, 9.17) is 0 Å². The van der Waals surface area contributed by atoms with Crippen LogP contribution in [0.2, 0.25) is 0 Å². The predicted octanol–water partition coefficient (Wildman–Crippen LogP) is 2.88. The number of benzene rings is 2. The van der Waals surface area contributed by atoms with Crippen molar-refractivity contribution in [1.82, 2.24) is 25.3 Å². The van der Waals surface area contributed by atoms with Crippen LogP contribution in [0.25, 0.3) is 27.9 Å². The number of hydrogen-bond acceptors (Lipinski definition) is 4. The molecule has 7 heteroatoms. The molecule has 130 valence electrons. The zero-order valence-corrected chi connectivity index (χ0v) is 14.2. The number of nitrogens with one attached hydrogen (secondary N) is 1. The smallest absolute Gasteiger partial charge is 0.256 e. The quantitative estimate of drug-likeness (QED) is 0.504. The van der Waals surface area contributed by atoms with Gasteiger partial charge in [-0.3, -0.25) is 4.98 Å². The molecule has 5 rings (SSSR count). The van der Waals surface area contributed by atoms with Gasteiger partial charge < -0.3 is 0 Å². The van der Waals surface area contributed by atoms with E-state index in [0.29, 0.717) is 17.9 Å². The van der Waals surface area contributed by atoms with Crippen molar-refractivity contribution in [1.29, 1.82) is 0 Å². The molecule has 1 N–H and O–H groups in total. The second kappa shape index (κ2) is 6.21. The minimum Gasteiger partial charge on any atom is -0.256 e. The molecule has 0 aliphatic heterocycles. The Hall–Kier alpha value is -3.74. The highest BCUT2D eigenvalue weighted by Crippen LogP contribution is 2.17. The van der Waals surface area contributed by atoms with E-state index >= 15 is 0 Å². The maximum absolute atomic E-state index is 13.2. The molecule has 0 fully saturated rings. The van der Waals surface area contributed by atoms with Gasteiger partial charge in [0.05, 0.1) is 11.9 Å². The van der Waals surface area contributed by atoms with Gasteiger partial charge >= 0.3 is 5.78 Å². The van der Waals surface area contributed by atoms with Crippen LogP contribution in [0.4, 0.5) is 4.39 Å². The Kier molecular flexibility index (Phi) is 3.57. The first-order valence-corrected chi connectivity index (χ1v) is 8.48. The van der Waals surface area contributed by atoms with Gasteiger partial charge in [0.1, 0.15) is 17.7 Å². The highest BCUT2D eigenvalue weighted by Gasteiger charge is 2.17. The molecule has 5 aromatic rings. The molecule has 0 atom stereocenters. The molecule has 0 saturated heterocycles. The number of rotatable bonds is 3. The van der Waals surface area contributed by atoms with Gasteiger partial charge in [0.2, 0.25) is 5.82 Å². The summed E-state index contributed by atoms with van der Waals surface area (Å²) < 4.78 is 14.8. The molecule has 3 aromatic heterocycles. The van der Waals surface area contributed by atoms with Crippen molar-refractivity contribution in [2.75, 3.05) is 0 Å². The molecule has 6 nitrogen and oxygen atoms in total. The van der Waals surface area contributed by atoms with E-state index in [9.17, 15) is 4.39 Å². The van der Waals surface area contributed by atoms with E-state index in [1.807, 2.05) is 24.3 Å². The van der Waals surface area contributed by atoms with E-state index in [0.717, 1.165) is 27.9 Å².